The van der Waals surface area contributed by atoms with E-state index in [4.69, 9.17) is 9.47 Å². The van der Waals surface area contributed by atoms with E-state index in [0.717, 1.165) is 11.3 Å². The SMILES string of the molecule is CCNC(=NCCC(=O)NCc1ccccc1)Nc1ccc(OC)c(OC)c1. The molecule has 0 spiro atoms. The Hall–Kier alpha value is -3.22. The number of methoxy groups -OCH3 is 2. The number of rotatable bonds is 9. The number of benzene rings is 2. The summed E-state index contributed by atoms with van der Waals surface area (Å²) in [7, 11) is 3.19. The maximum atomic E-state index is 12.0. The van der Waals surface area contributed by atoms with E-state index in [1.807, 2.05) is 55.5 Å². The number of nitrogens with one attached hydrogen (secondary N) is 3. The molecule has 0 heterocycles. The number of nitrogens with zero attached hydrogens (tertiary/aromatic N) is 1. The summed E-state index contributed by atoms with van der Waals surface area (Å²) in [5.74, 6) is 1.86. The molecule has 7 nitrogen and oxygen atoms in total. The van der Waals surface area contributed by atoms with Crippen LogP contribution in [0.3, 0.4) is 0 Å². The molecule has 0 fully saturated rings. The standard InChI is InChI=1S/C21H28N4O3/c1-4-22-21(25-17-10-11-18(27-2)19(14-17)28-3)23-13-12-20(26)24-15-16-8-6-5-7-9-16/h5-11,14H,4,12-13,15H2,1-3H3,(H,24,26)(H2,22,23,25). The molecule has 0 atom stereocenters. The van der Waals surface area contributed by atoms with Crippen molar-refractivity contribution in [1.29, 1.82) is 0 Å². The van der Waals surface area contributed by atoms with Gasteiger partial charge in [0.25, 0.3) is 0 Å². The Bertz CT molecular complexity index is 778. The van der Waals surface area contributed by atoms with Crippen LogP contribution in [0.2, 0.25) is 0 Å². The molecule has 0 saturated heterocycles. The molecule has 2 aromatic rings. The molecule has 0 aliphatic rings. The summed E-state index contributed by atoms with van der Waals surface area (Å²) >= 11 is 0. The Balaban J connectivity index is 1.88. The van der Waals surface area contributed by atoms with Crippen LogP contribution in [0.1, 0.15) is 18.9 Å². The number of carbonyl (C=O) groups is 1. The van der Waals surface area contributed by atoms with Gasteiger partial charge in [0.2, 0.25) is 5.91 Å². The third kappa shape index (κ3) is 6.83. The first-order chi connectivity index (χ1) is 13.7. The number of hydrogen-bond acceptors (Lipinski definition) is 4. The smallest absolute Gasteiger partial charge is 0.222 e. The van der Waals surface area contributed by atoms with Gasteiger partial charge in [-0.05, 0) is 24.6 Å². The average Bonchev–Trinajstić information content (AvgIpc) is 2.73. The molecule has 150 valence electrons. The highest BCUT2D eigenvalue weighted by molar-refractivity contribution is 5.94. The van der Waals surface area contributed by atoms with Gasteiger partial charge >= 0.3 is 0 Å². The van der Waals surface area contributed by atoms with Gasteiger partial charge in [0, 0.05) is 31.3 Å². The summed E-state index contributed by atoms with van der Waals surface area (Å²) in [5.41, 5.74) is 1.88. The van der Waals surface area contributed by atoms with Crippen LogP contribution in [0.25, 0.3) is 0 Å². The summed E-state index contributed by atoms with van der Waals surface area (Å²) in [6.07, 6.45) is 0.315. The molecule has 7 heteroatoms. The van der Waals surface area contributed by atoms with Crippen LogP contribution in [0.15, 0.2) is 53.5 Å². The minimum atomic E-state index is -0.0328. The van der Waals surface area contributed by atoms with E-state index in [-0.39, 0.29) is 5.91 Å². The van der Waals surface area contributed by atoms with Gasteiger partial charge in [-0.1, -0.05) is 30.3 Å². The van der Waals surface area contributed by atoms with Crippen LogP contribution in [0, 0.1) is 0 Å². The normalized spacial score (nSPS) is 10.9. The number of hydrogen-bond donors (Lipinski definition) is 3. The molecular formula is C21H28N4O3. The Morgan fingerprint density at radius 1 is 1.00 bits per heavy atom. The van der Waals surface area contributed by atoms with Gasteiger partial charge < -0.3 is 25.4 Å². The summed E-state index contributed by atoms with van der Waals surface area (Å²) in [6, 6.07) is 15.3. The number of carbonyl (C=O) groups excluding carboxylic acids is 1. The summed E-state index contributed by atoms with van der Waals surface area (Å²) in [6.45, 7) is 3.59. The predicted octanol–water partition coefficient (Wildman–Crippen LogP) is 2.79. The molecule has 0 aliphatic carbocycles. The Labute approximate surface area is 166 Å². The van der Waals surface area contributed by atoms with Crippen molar-refractivity contribution in [2.45, 2.75) is 19.9 Å². The minimum absolute atomic E-state index is 0.0328. The van der Waals surface area contributed by atoms with Gasteiger partial charge in [0.05, 0.1) is 20.8 Å². The Kier molecular flexibility index (Phi) is 8.65. The molecule has 1 amide bonds. The zero-order valence-corrected chi connectivity index (χ0v) is 16.6. The van der Waals surface area contributed by atoms with E-state index in [0.29, 0.717) is 43.5 Å². The zero-order valence-electron chi connectivity index (χ0n) is 16.6. The van der Waals surface area contributed by atoms with Crippen molar-refractivity contribution in [2.24, 2.45) is 4.99 Å². The third-order valence-electron chi connectivity index (χ3n) is 3.93. The van der Waals surface area contributed by atoms with Crippen molar-refractivity contribution < 1.29 is 14.3 Å². The van der Waals surface area contributed by atoms with Crippen LogP contribution < -0.4 is 25.4 Å². The zero-order chi connectivity index (χ0) is 20.2. The topological polar surface area (TPSA) is 84.0 Å². The van der Waals surface area contributed by atoms with Gasteiger partial charge in [-0.15, -0.1) is 0 Å². The van der Waals surface area contributed by atoms with Crippen molar-refractivity contribution in [3.63, 3.8) is 0 Å². The molecule has 2 aromatic carbocycles. The first kappa shape index (κ1) is 21.1. The molecule has 2 rings (SSSR count). The van der Waals surface area contributed by atoms with Gasteiger partial charge in [0.15, 0.2) is 17.5 Å². The monoisotopic (exact) mass is 384 g/mol. The lowest BCUT2D eigenvalue weighted by molar-refractivity contribution is -0.121. The second-order valence-corrected chi connectivity index (χ2v) is 5.97. The Morgan fingerprint density at radius 2 is 1.75 bits per heavy atom. The van der Waals surface area contributed by atoms with Gasteiger partial charge in [-0.25, -0.2) is 0 Å². The molecule has 0 saturated carbocycles. The molecular weight excluding hydrogens is 356 g/mol. The van der Waals surface area contributed by atoms with E-state index in [1.54, 1.807) is 14.2 Å². The van der Waals surface area contributed by atoms with Gasteiger partial charge in [-0.3, -0.25) is 9.79 Å². The highest BCUT2D eigenvalue weighted by atomic mass is 16.5. The number of aliphatic imine (C=N–C) groups is 1. The molecule has 0 unspecified atom stereocenters. The first-order valence-corrected chi connectivity index (χ1v) is 9.24. The maximum Gasteiger partial charge on any atom is 0.222 e. The summed E-state index contributed by atoms with van der Waals surface area (Å²) in [5, 5.41) is 9.28. The molecule has 0 bridgehead atoms. The van der Waals surface area contributed by atoms with E-state index >= 15 is 0 Å². The lowest BCUT2D eigenvalue weighted by Gasteiger charge is -2.13. The van der Waals surface area contributed by atoms with E-state index in [2.05, 4.69) is 20.9 Å². The number of amides is 1. The van der Waals surface area contributed by atoms with Crippen molar-refractivity contribution in [2.75, 3.05) is 32.6 Å². The first-order valence-electron chi connectivity index (χ1n) is 9.24. The fourth-order valence-corrected chi connectivity index (χ4v) is 2.51. The summed E-state index contributed by atoms with van der Waals surface area (Å²) in [4.78, 5) is 16.5. The lowest BCUT2D eigenvalue weighted by atomic mass is 10.2. The fraction of sp³-hybridized carbons (Fsp3) is 0.333. The van der Waals surface area contributed by atoms with Crippen LogP contribution in [-0.2, 0) is 11.3 Å². The van der Waals surface area contributed by atoms with Crippen molar-refractivity contribution in [1.82, 2.24) is 10.6 Å². The second kappa shape index (κ2) is 11.5. The highest BCUT2D eigenvalue weighted by Gasteiger charge is 2.07. The molecule has 3 N–H and O–H groups in total. The van der Waals surface area contributed by atoms with Crippen LogP contribution in [-0.4, -0.2) is 39.2 Å². The highest BCUT2D eigenvalue weighted by Crippen LogP contribution is 2.29. The van der Waals surface area contributed by atoms with Crippen LogP contribution in [0.5, 0.6) is 11.5 Å². The second-order valence-electron chi connectivity index (χ2n) is 5.97. The van der Waals surface area contributed by atoms with E-state index < -0.39 is 0 Å². The maximum absolute atomic E-state index is 12.0. The number of anilines is 1. The van der Waals surface area contributed by atoms with Crippen molar-refractivity contribution >= 4 is 17.6 Å². The van der Waals surface area contributed by atoms with Gasteiger partial charge in [0.1, 0.15) is 0 Å². The van der Waals surface area contributed by atoms with Crippen LogP contribution in [0.4, 0.5) is 5.69 Å². The fourth-order valence-electron chi connectivity index (χ4n) is 2.51. The Morgan fingerprint density at radius 3 is 2.43 bits per heavy atom. The van der Waals surface area contributed by atoms with E-state index in [9.17, 15) is 4.79 Å². The molecule has 0 aromatic heterocycles. The third-order valence-corrected chi connectivity index (χ3v) is 3.93. The predicted molar refractivity (Wildman–Crippen MR) is 112 cm³/mol. The van der Waals surface area contributed by atoms with Crippen molar-refractivity contribution in [3.05, 3.63) is 54.1 Å². The molecule has 0 aliphatic heterocycles. The number of guanidine groups is 1. The largest absolute Gasteiger partial charge is 0.493 e. The minimum Gasteiger partial charge on any atom is -0.493 e. The lowest BCUT2D eigenvalue weighted by Crippen LogP contribution is -2.31. The van der Waals surface area contributed by atoms with Crippen LogP contribution >= 0.6 is 0 Å². The number of ether oxygens (including phenoxy) is 2. The molecule has 0 radical (unpaired) electrons. The molecule has 28 heavy (non-hydrogen) atoms. The quantitative estimate of drug-likeness (QED) is 0.457. The van der Waals surface area contributed by atoms with E-state index in [1.165, 1.54) is 0 Å². The summed E-state index contributed by atoms with van der Waals surface area (Å²) < 4.78 is 10.6. The average molecular weight is 384 g/mol. The van der Waals surface area contributed by atoms with Crippen molar-refractivity contribution in [3.8, 4) is 11.5 Å². The van der Waals surface area contributed by atoms with Gasteiger partial charge in [-0.2, -0.15) is 0 Å².